The molecule has 1 aromatic heterocycles. The smallest absolute Gasteiger partial charge is 0.327 e. The molecule has 0 aliphatic carbocycles. The summed E-state index contributed by atoms with van der Waals surface area (Å²) >= 11 is 0. The Morgan fingerprint density at radius 2 is 2.08 bits per heavy atom. The van der Waals surface area contributed by atoms with Crippen LogP contribution in [0.3, 0.4) is 0 Å². The van der Waals surface area contributed by atoms with Crippen LogP contribution in [0.2, 0.25) is 0 Å². The molecule has 1 heterocycles. The molecule has 0 amide bonds. The predicted octanol–water partition coefficient (Wildman–Crippen LogP) is 1.66. The highest BCUT2D eigenvalue weighted by atomic mass is 16.5. The topological polar surface area (TPSA) is 70.7 Å². The van der Waals surface area contributed by atoms with Crippen molar-refractivity contribution in [3.63, 3.8) is 0 Å². The van der Waals surface area contributed by atoms with Crippen LogP contribution in [0.15, 0.2) is 22.6 Å². The number of aldehydes is 1. The van der Waals surface area contributed by atoms with E-state index in [9.17, 15) is 9.90 Å². The zero-order valence-corrected chi connectivity index (χ0v) is 6.52. The quantitative estimate of drug-likeness (QED) is 0.651. The summed E-state index contributed by atoms with van der Waals surface area (Å²) in [5.41, 5.74) is 0.723. The molecule has 0 aliphatic rings. The molecule has 0 saturated carbocycles. The normalized spacial score (nSPS) is 10.5. The molecule has 66 valence electrons. The highest BCUT2D eigenvalue weighted by molar-refractivity contribution is 5.90. The highest BCUT2D eigenvalue weighted by Crippen LogP contribution is 2.36. The second-order valence-corrected chi connectivity index (χ2v) is 2.63. The molecule has 0 bridgehead atoms. The SMILES string of the molecule is O=Cc1ccc2c(O)c(O)oc2c1. The van der Waals surface area contributed by atoms with Gasteiger partial charge in [0.2, 0.25) is 5.75 Å². The Morgan fingerprint density at radius 3 is 2.77 bits per heavy atom. The van der Waals surface area contributed by atoms with Crippen molar-refractivity contribution in [1.82, 2.24) is 0 Å². The standard InChI is InChI=1S/C9H6O4/c10-4-5-1-2-6-7(3-5)13-9(12)8(6)11/h1-4,11-12H. The number of carbonyl (C=O) groups excluding carboxylic acids is 1. The Bertz CT molecular complexity index is 470. The van der Waals surface area contributed by atoms with Crippen molar-refractivity contribution < 1.29 is 19.4 Å². The molecular formula is C9H6O4. The lowest BCUT2D eigenvalue weighted by Crippen LogP contribution is -1.76. The third kappa shape index (κ3) is 1.03. The van der Waals surface area contributed by atoms with Gasteiger partial charge in [0.05, 0.1) is 5.39 Å². The van der Waals surface area contributed by atoms with Gasteiger partial charge in [-0.2, -0.15) is 0 Å². The zero-order valence-electron chi connectivity index (χ0n) is 6.52. The van der Waals surface area contributed by atoms with Crippen molar-refractivity contribution >= 4 is 17.3 Å². The Labute approximate surface area is 73.0 Å². The average molecular weight is 178 g/mol. The van der Waals surface area contributed by atoms with E-state index in [-0.39, 0.29) is 5.75 Å². The summed E-state index contributed by atoms with van der Waals surface area (Å²) in [6, 6.07) is 4.49. The number of rotatable bonds is 1. The molecule has 0 radical (unpaired) electrons. The number of hydrogen-bond donors (Lipinski definition) is 2. The molecule has 13 heavy (non-hydrogen) atoms. The van der Waals surface area contributed by atoms with E-state index in [0.29, 0.717) is 22.8 Å². The molecule has 4 heteroatoms. The first kappa shape index (κ1) is 7.67. The number of fused-ring (bicyclic) bond motifs is 1. The molecule has 0 unspecified atom stereocenters. The van der Waals surface area contributed by atoms with Gasteiger partial charge in [0.1, 0.15) is 11.9 Å². The van der Waals surface area contributed by atoms with Crippen LogP contribution in [-0.4, -0.2) is 16.5 Å². The van der Waals surface area contributed by atoms with Crippen molar-refractivity contribution in [2.24, 2.45) is 0 Å². The molecule has 0 saturated heterocycles. The van der Waals surface area contributed by atoms with E-state index >= 15 is 0 Å². The van der Waals surface area contributed by atoms with Gasteiger partial charge < -0.3 is 14.6 Å². The van der Waals surface area contributed by atoms with E-state index in [1.54, 1.807) is 0 Å². The average Bonchev–Trinajstić information content (AvgIpc) is 2.42. The maximum atomic E-state index is 10.4. The number of carbonyl (C=O) groups is 1. The zero-order chi connectivity index (χ0) is 9.42. The van der Waals surface area contributed by atoms with E-state index in [4.69, 9.17) is 9.52 Å². The summed E-state index contributed by atoms with van der Waals surface area (Å²) in [6.45, 7) is 0. The van der Waals surface area contributed by atoms with Crippen LogP contribution in [0.4, 0.5) is 0 Å². The summed E-state index contributed by atoms with van der Waals surface area (Å²) in [6.07, 6.45) is 0.663. The third-order valence-electron chi connectivity index (χ3n) is 1.81. The van der Waals surface area contributed by atoms with Gasteiger partial charge >= 0.3 is 5.95 Å². The monoisotopic (exact) mass is 178 g/mol. The largest absolute Gasteiger partial charge is 0.501 e. The lowest BCUT2D eigenvalue weighted by molar-refractivity contribution is 0.112. The van der Waals surface area contributed by atoms with Gasteiger partial charge in [0, 0.05) is 5.56 Å². The summed E-state index contributed by atoms with van der Waals surface area (Å²) in [7, 11) is 0. The molecular weight excluding hydrogens is 172 g/mol. The molecule has 2 rings (SSSR count). The Balaban J connectivity index is 2.79. The fraction of sp³-hybridized carbons (Fsp3) is 0. The fourth-order valence-electron chi connectivity index (χ4n) is 1.16. The number of furan rings is 1. The minimum atomic E-state index is -0.530. The first-order valence-corrected chi connectivity index (χ1v) is 3.62. The van der Waals surface area contributed by atoms with Gasteiger partial charge in [-0.1, -0.05) is 6.07 Å². The van der Waals surface area contributed by atoms with E-state index < -0.39 is 5.95 Å². The summed E-state index contributed by atoms with van der Waals surface area (Å²) < 4.78 is 4.79. The molecule has 0 fully saturated rings. The Hall–Kier alpha value is -1.97. The molecule has 2 N–H and O–H groups in total. The lowest BCUT2D eigenvalue weighted by Gasteiger charge is -1.89. The molecule has 2 aromatic rings. The van der Waals surface area contributed by atoms with Crippen LogP contribution in [0.25, 0.3) is 11.0 Å². The predicted molar refractivity (Wildman–Crippen MR) is 44.9 cm³/mol. The van der Waals surface area contributed by atoms with Gasteiger partial charge in [0.25, 0.3) is 0 Å². The van der Waals surface area contributed by atoms with Crippen molar-refractivity contribution in [2.45, 2.75) is 0 Å². The van der Waals surface area contributed by atoms with Crippen LogP contribution in [0.1, 0.15) is 10.4 Å². The van der Waals surface area contributed by atoms with E-state index in [1.165, 1.54) is 18.2 Å². The Kier molecular flexibility index (Phi) is 1.48. The molecule has 0 aliphatic heterocycles. The lowest BCUT2D eigenvalue weighted by atomic mass is 10.2. The van der Waals surface area contributed by atoms with Gasteiger partial charge in [-0.05, 0) is 12.1 Å². The van der Waals surface area contributed by atoms with E-state index in [1.807, 2.05) is 0 Å². The Morgan fingerprint density at radius 1 is 1.31 bits per heavy atom. The van der Waals surface area contributed by atoms with Crippen LogP contribution >= 0.6 is 0 Å². The second-order valence-electron chi connectivity index (χ2n) is 2.63. The highest BCUT2D eigenvalue weighted by Gasteiger charge is 2.11. The summed E-state index contributed by atoms with van der Waals surface area (Å²) in [4.78, 5) is 10.4. The molecule has 1 aromatic carbocycles. The summed E-state index contributed by atoms with van der Waals surface area (Å²) in [5, 5.41) is 18.6. The van der Waals surface area contributed by atoms with Crippen LogP contribution < -0.4 is 0 Å². The molecule has 0 spiro atoms. The van der Waals surface area contributed by atoms with Crippen LogP contribution in [-0.2, 0) is 0 Å². The first-order chi connectivity index (χ1) is 6.22. The summed E-state index contributed by atoms with van der Waals surface area (Å²) in [5.74, 6) is -0.828. The fourth-order valence-corrected chi connectivity index (χ4v) is 1.16. The minimum absolute atomic E-state index is 0.291. The van der Waals surface area contributed by atoms with Gasteiger partial charge in [-0.3, -0.25) is 4.79 Å². The number of aromatic hydroxyl groups is 2. The molecule has 0 atom stereocenters. The van der Waals surface area contributed by atoms with Gasteiger partial charge in [0.15, 0.2) is 0 Å². The maximum absolute atomic E-state index is 10.4. The third-order valence-corrected chi connectivity index (χ3v) is 1.81. The molecule has 4 nitrogen and oxygen atoms in total. The number of benzene rings is 1. The van der Waals surface area contributed by atoms with E-state index in [2.05, 4.69) is 0 Å². The van der Waals surface area contributed by atoms with E-state index in [0.717, 1.165) is 0 Å². The minimum Gasteiger partial charge on any atom is -0.501 e. The second kappa shape index (κ2) is 2.52. The van der Waals surface area contributed by atoms with Crippen molar-refractivity contribution in [3.8, 4) is 11.7 Å². The number of hydrogen-bond acceptors (Lipinski definition) is 4. The van der Waals surface area contributed by atoms with Gasteiger partial charge in [-0.15, -0.1) is 0 Å². The maximum Gasteiger partial charge on any atom is 0.327 e. The van der Waals surface area contributed by atoms with Crippen molar-refractivity contribution in [1.29, 1.82) is 0 Å². The van der Waals surface area contributed by atoms with Crippen molar-refractivity contribution in [3.05, 3.63) is 23.8 Å². The van der Waals surface area contributed by atoms with Crippen LogP contribution in [0.5, 0.6) is 11.7 Å². The van der Waals surface area contributed by atoms with Crippen molar-refractivity contribution in [2.75, 3.05) is 0 Å². The van der Waals surface area contributed by atoms with Gasteiger partial charge in [-0.25, -0.2) is 0 Å². The first-order valence-electron chi connectivity index (χ1n) is 3.62. The van der Waals surface area contributed by atoms with Crippen LogP contribution in [0, 0.1) is 0 Å².